The van der Waals surface area contributed by atoms with Crippen LogP contribution in [0.5, 0.6) is 0 Å². The first-order valence-electron chi connectivity index (χ1n) is 19.8. The lowest BCUT2D eigenvalue weighted by molar-refractivity contribution is -0.154. The number of carbonyl (C=O) groups is 8. The third-order valence-corrected chi connectivity index (χ3v) is 8.01. The average molecular weight is 853 g/mol. The van der Waals surface area contributed by atoms with Crippen LogP contribution in [0.25, 0.3) is 0 Å². The molecule has 4 unspecified atom stereocenters. The van der Waals surface area contributed by atoms with Gasteiger partial charge in [-0.3, -0.25) is 48.3 Å². The van der Waals surface area contributed by atoms with Crippen molar-refractivity contribution in [2.75, 3.05) is 40.0 Å². The zero-order valence-corrected chi connectivity index (χ0v) is 36.7. The molecule has 0 aliphatic heterocycles. The molecular formula is C40H64N6O14. The highest BCUT2D eigenvalue weighted by atomic mass is 16.6. The van der Waals surface area contributed by atoms with E-state index in [1.54, 1.807) is 62.4 Å². The summed E-state index contributed by atoms with van der Waals surface area (Å²) in [5.41, 5.74) is 6.41. The van der Waals surface area contributed by atoms with Gasteiger partial charge in [-0.1, -0.05) is 6.92 Å². The summed E-state index contributed by atoms with van der Waals surface area (Å²) < 4.78 is 32.3. The quantitative estimate of drug-likeness (QED) is 0.0334. The van der Waals surface area contributed by atoms with Gasteiger partial charge in [0.1, 0.15) is 33.0 Å². The third kappa shape index (κ3) is 29.0. The van der Waals surface area contributed by atoms with Crippen LogP contribution in [-0.4, -0.2) is 135 Å². The summed E-state index contributed by atoms with van der Waals surface area (Å²) in [5, 5.41) is 7.63. The van der Waals surface area contributed by atoms with Gasteiger partial charge in [0, 0.05) is 36.3 Å². The molecule has 20 heteroatoms. The molecule has 0 aliphatic rings. The van der Waals surface area contributed by atoms with Crippen LogP contribution < -0.4 is 10.9 Å². The van der Waals surface area contributed by atoms with Gasteiger partial charge in [0.05, 0.1) is 50.1 Å². The average Bonchev–Trinajstić information content (AvgIpc) is 3.22. The van der Waals surface area contributed by atoms with Crippen LogP contribution in [0.1, 0.15) is 120 Å². The fourth-order valence-electron chi connectivity index (χ4n) is 4.37. The summed E-state index contributed by atoms with van der Waals surface area (Å²) >= 11 is 0. The van der Waals surface area contributed by atoms with E-state index >= 15 is 0 Å². The lowest BCUT2D eigenvalue weighted by Gasteiger charge is -2.19. The van der Waals surface area contributed by atoms with Crippen molar-refractivity contribution >= 4 is 70.1 Å². The summed E-state index contributed by atoms with van der Waals surface area (Å²) in [6, 6.07) is 0. The molecule has 0 spiro atoms. The molecule has 0 heterocycles. The number of nitrogens with zero attached hydrogens (tertiary/aromatic N) is 4. The van der Waals surface area contributed by atoms with Crippen LogP contribution in [0.15, 0.2) is 20.2 Å². The standard InChI is InChI=1S/C40H64N6O14/c1-11-33(47)39(53)45-43-27(4)14-18-37(51)57-23-31(8)60-32(9)24-58-38(52)19-15-28(5)44-46-40(54)34(48)20-42-26(3)13-17-36(50)56-22-30(7)59-29(6)21-55-35(49)16-12-25(2)41-10/h29-32H,11-24H2,1-10H3,(H,45,53)(H,46,54)/b41-25?,42-26?,43-27+,44-28+. The number of ether oxygens (including phenoxy) is 6. The van der Waals surface area contributed by atoms with Crippen LogP contribution in [-0.2, 0) is 66.8 Å². The molecule has 0 bridgehead atoms. The first-order chi connectivity index (χ1) is 28.2. The second-order valence-electron chi connectivity index (χ2n) is 14.0. The Morgan fingerprint density at radius 2 is 0.783 bits per heavy atom. The van der Waals surface area contributed by atoms with E-state index in [0.717, 1.165) is 5.71 Å². The smallest absolute Gasteiger partial charge is 0.309 e. The van der Waals surface area contributed by atoms with Crippen LogP contribution in [0.3, 0.4) is 0 Å². The molecule has 60 heavy (non-hydrogen) atoms. The first kappa shape index (κ1) is 54.8. The highest BCUT2D eigenvalue weighted by molar-refractivity contribution is 6.37. The van der Waals surface area contributed by atoms with Gasteiger partial charge in [-0.15, -0.1) is 0 Å². The number of hydrogen-bond acceptors (Lipinski definition) is 18. The largest absolute Gasteiger partial charge is 0.463 e. The maximum Gasteiger partial charge on any atom is 0.309 e. The van der Waals surface area contributed by atoms with Crippen molar-refractivity contribution in [2.45, 2.75) is 145 Å². The van der Waals surface area contributed by atoms with Gasteiger partial charge >= 0.3 is 35.7 Å². The maximum absolute atomic E-state index is 12.2. The number of carbonyl (C=O) groups excluding carboxylic acids is 8. The second-order valence-corrected chi connectivity index (χ2v) is 14.0. The Hall–Kier alpha value is -5.24. The van der Waals surface area contributed by atoms with Crippen molar-refractivity contribution in [1.29, 1.82) is 0 Å². The predicted octanol–water partition coefficient (Wildman–Crippen LogP) is 2.95. The van der Waals surface area contributed by atoms with Crippen molar-refractivity contribution in [3.8, 4) is 0 Å². The molecule has 0 fully saturated rings. The molecule has 2 N–H and O–H groups in total. The van der Waals surface area contributed by atoms with Gasteiger partial charge in [0.25, 0.3) is 0 Å². The van der Waals surface area contributed by atoms with Crippen LogP contribution in [0, 0.1) is 0 Å². The minimum atomic E-state index is -0.992. The molecule has 0 saturated carbocycles. The van der Waals surface area contributed by atoms with Gasteiger partial charge < -0.3 is 28.4 Å². The van der Waals surface area contributed by atoms with Crippen LogP contribution in [0.2, 0.25) is 0 Å². The molecule has 20 nitrogen and oxygen atoms in total. The Kier molecular flexibility index (Phi) is 28.9. The normalized spacial score (nSPS) is 14.2. The zero-order chi connectivity index (χ0) is 45.6. The number of hydrogen-bond donors (Lipinski definition) is 2. The minimum Gasteiger partial charge on any atom is -0.463 e. The van der Waals surface area contributed by atoms with E-state index in [0.29, 0.717) is 23.6 Å². The monoisotopic (exact) mass is 852 g/mol. The lowest BCUT2D eigenvalue weighted by atomic mass is 10.2. The Morgan fingerprint density at radius 1 is 0.467 bits per heavy atom. The molecular weight excluding hydrogens is 788 g/mol. The Bertz CT molecular complexity index is 1570. The fourth-order valence-corrected chi connectivity index (χ4v) is 4.37. The number of ketones is 2. The first-order valence-corrected chi connectivity index (χ1v) is 19.8. The van der Waals surface area contributed by atoms with E-state index in [4.69, 9.17) is 28.4 Å². The second kappa shape index (κ2) is 31.7. The highest BCUT2D eigenvalue weighted by Gasteiger charge is 2.17. The van der Waals surface area contributed by atoms with Crippen LogP contribution >= 0.6 is 0 Å². The van der Waals surface area contributed by atoms with Crippen molar-refractivity contribution in [2.24, 2.45) is 20.2 Å². The Morgan fingerprint density at radius 3 is 1.12 bits per heavy atom. The van der Waals surface area contributed by atoms with Crippen molar-refractivity contribution in [3.63, 3.8) is 0 Å². The van der Waals surface area contributed by atoms with Gasteiger partial charge in [0.15, 0.2) is 0 Å². The highest BCUT2D eigenvalue weighted by Crippen LogP contribution is 2.06. The summed E-state index contributed by atoms with van der Waals surface area (Å²) in [6.07, 6.45) is -0.530. The number of esters is 4. The number of hydrazone groups is 2. The molecule has 0 rings (SSSR count). The molecule has 0 aliphatic carbocycles. The third-order valence-electron chi connectivity index (χ3n) is 8.01. The topological polar surface area (TPSA) is 265 Å². The molecule has 0 radical (unpaired) electrons. The maximum atomic E-state index is 12.2. The molecule has 4 atom stereocenters. The number of rotatable bonds is 31. The van der Waals surface area contributed by atoms with E-state index in [1.165, 1.54) is 0 Å². The number of amides is 2. The summed E-state index contributed by atoms with van der Waals surface area (Å²) in [5.74, 6) is -5.16. The van der Waals surface area contributed by atoms with Gasteiger partial charge in [-0.05, 0) is 81.1 Å². The molecule has 0 aromatic heterocycles. The van der Waals surface area contributed by atoms with Crippen molar-refractivity contribution < 1.29 is 66.8 Å². The molecule has 0 aromatic rings. The fraction of sp³-hybridized carbons (Fsp3) is 0.700. The summed E-state index contributed by atoms with van der Waals surface area (Å²) in [6.45, 7) is 14.5. The van der Waals surface area contributed by atoms with Gasteiger partial charge in [0.2, 0.25) is 11.6 Å². The number of Topliss-reactive ketones (excluding diaryl/α,β-unsaturated/α-hetero) is 2. The lowest BCUT2D eigenvalue weighted by Crippen LogP contribution is -2.30. The molecule has 338 valence electrons. The van der Waals surface area contributed by atoms with Crippen molar-refractivity contribution in [3.05, 3.63) is 0 Å². The van der Waals surface area contributed by atoms with E-state index in [9.17, 15) is 38.4 Å². The Balaban J connectivity index is 4.32. The predicted molar refractivity (Wildman–Crippen MR) is 221 cm³/mol. The molecule has 0 aromatic carbocycles. The zero-order valence-electron chi connectivity index (χ0n) is 36.7. The molecule has 2 amide bonds. The van der Waals surface area contributed by atoms with Crippen molar-refractivity contribution in [1.82, 2.24) is 10.9 Å². The van der Waals surface area contributed by atoms with E-state index < -0.39 is 72.2 Å². The SMILES string of the molecule is CCC(=O)C(=O)N/N=C(\C)CCC(=O)OCC(C)OC(C)COC(=O)CC/C(C)=N/NC(=O)C(=O)CN=C(C)CCC(=O)OCC(C)OC(C)COC(=O)CCC(C)=NC. The number of aliphatic imine (C=N–C) groups is 2. The summed E-state index contributed by atoms with van der Waals surface area (Å²) in [4.78, 5) is 104. The minimum absolute atomic E-state index is 0.00147. The van der Waals surface area contributed by atoms with E-state index in [1.807, 2.05) is 6.92 Å². The van der Waals surface area contributed by atoms with E-state index in [2.05, 4.69) is 31.0 Å². The van der Waals surface area contributed by atoms with E-state index in [-0.39, 0.29) is 83.8 Å². The summed E-state index contributed by atoms with van der Waals surface area (Å²) in [7, 11) is 1.66. The number of nitrogens with one attached hydrogen (secondary N) is 2. The molecule has 0 saturated heterocycles. The van der Waals surface area contributed by atoms with Crippen LogP contribution in [0.4, 0.5) is 0 Å². The Labute approximate surface area is 352 Å². The van der Waals surface area contributed by atoms with Gasteiger partial charge in [-0.25, -0.2) is 10.9 Å². The van der Waals surface area contributed by atoms with Gasteiger partial charge in [-0.2, -0.15) is 10.2 Å².